The molecule has 20 heavy (non-hydrogen) atoms. The Kier molecular flexibility index (Phi) is 4.42. The van der Waals surface area contributed by atoms with Crippen molar-refractivity contribution in [3.05, 3.63) is 58.9 Å². The van der Waals surface area contributed by atoms with E-state index in [1.165, 1.54) is 6.07 Å². The Morgan fingerprint density at radius 2 is 2.00 bits per heavy atom. The van der Waals surface area contributed by atoms with Crippen LogP contribution in [0, 0.1) is 6.92 Å². The minimum atomic E-state index is -0.847. The summed E-state index contributed by atoms with van der Waals surface area (Å²) in [6.45, 7) is 3.73. The molecule has 2 rings (SSSR count). The Balaban J connectivity index is 2.36. The van der Waals surface area contributed by atoms with Crippen molar-refractivity contribution in [2.24, 2.45) is 0 Å². The van der Waals surface area contributed by atoms with Crippen molar-refractivity contribution in [3.63, 3.8) is 0 Å². The largest absolute Gasteiger partial charge is 0.461 e. The van der Waals surface area contributed by atoms with E-state index in [1.54, 1.807) is 13.8 Å². The fourth-order valence-electron chi connectivity index (χ4n) is 1.86. The number of aliphatic hydroxyl groups is 1. The number of hydrogen-bond donors (Lipinski definition) is 1. The van der Waals surface area contributed by atoms with Crippen molar-refractivity contribution in [2.75, 3.05) is 6.61 Å². The molecule has 0 spiro atoms. The Hall–Kier alpha value is -2.27. The number of ether oxygens (including phenoxy) is 1. The normalized spacial score (nSPS) is 11.9. The van der Waals surface area contributed by atoms with Crippen LogP contribution >= 0.6 is 0 Å². The summed E-state index contributed by atoms with van der Waals surface area (Å²) < 4.78 is 4.89. The molecule has 0 amide bonds. The average molecular weight is 272 g/mol. The summed E-state index contributed by atoms with van der Waals surface area (Å²) >= 11 is 0. The van der Waals surface area contributed by atoms with E-state index in [4.69, 9.17) is 4.74 Å². The predicted molar refractivity (Wildman–Crippen MR) is 73.2 cm³/mol. The third-order valence-electron chi connectivity index (χ3n) is 2.91. The molecule has 1 aromatic heterocycles. The van der Waals surface area contributed by atoms with E-state index in [-0.39, 0.29) is 12.3 Å². The zero-order valence-corrected chi connectivity index (χ0v) is 11.4. The van der Waals surface area contributed by atoms with Gasteiger partial charge in [-0.3, -0.25) is 0 Å². The van der Waals surface area contributed by atoms with Crippen LogP contribution in [0.4, 0.5) is 0 Å². The Morgan fingerprint density at radius 1 is 1.30 bits per heavy atom. The van der Waals surface area contributed by atoms with Gasteiger partial charge in [-0.1, -0.05) is 30.3 Å². The standard InChI is InChI=1S/C15H16N2O3/c1-3-20-15(19)13-9-12(10(2)16-17-13)14(18)11-7-5-4-6-8-11/h4-9,14,18H,3H2,1-2H3. The lowest BCUT2D eigenvalue weighted by molar-refractivity contribution is 0.0517. The van der Waals surface area contributed by atoms with Crippen LogP contribution in [0.1, 0.15) is 40.3 Å². The molecule has 1 aromatic carbocycles. The van der Waals surface area contributed by atoms with Crippen molar-refractivity contribution < 1.29 is 14.6 Å². The highest BCUT2D eigenvalue weighted by Gasteiger charge is 2.18. The number of aliphatic hydroxyl groups excluding tert-OH is 1. The van der Waals surface area contributed by atoms with Gasteiger partial charge in [0.05, 0.1) is 12.3 Å². The molecule has 1 atom stereocenters. The smallest absolute Gasteiger partial charge is 0.358 e. The van der Waals surface area contributed by atoms with Crippen LogP contribution in [0.15, 0.2) is 36.4 Å². The lowest BCUT2D eigenvalue weighted by atomic mass is 10.0. The molecule has 0 bridgehead atoms. The number of hydrogen-bond acceptors (Lipinski definition) is 5. The quantitative estimate of drug-likeness (QED) is 0.862. The summed E-state index contributed by atoms with van der Waals surface area (Å²) in [5.41, 5.74) is 1.96. The molecule has 104 valence electrons. The summed E-state index contributed by atoms with van der Waals surface area (Å²) in [5, 5.41) is 18.1. The number of benzene rings is 1. The van der Waals surface area contributed by atoms with Gasteiger partial charge in [0.25, 0.3) is 0 Å². The topological polar surface area (TPSA) is 72.3 Å². The van der Waals surface area contributed by atoms with Crippen LogP contribution in [0.25, 0.3) is 0 Å². The summed E-state index contributed by atoms with van der Waals surface area (Å²) in [5.74, 6) is -0.540. The van der Waals surface area contributed by atoms with Crippen LogP contribution < -0.4 is 0 Å². The van der Waals surface area contributed by atoms with Gasteiger partial charge in [-0.25, -0.2) is 4.79 Å². The summed E-state index contributed by atoms with van der Waals surface area (Å²) in [6, 6.07) is 10.7. The molecule has 0 radical (unpaired) electrons. The van der Waals surface area contributed by atoms with Crippen LogP contribution in [0.5, 0.6) is 0 Å². The number of aryl methyl sites for hydroxylation is 1. The maximum atomic E-state index is 11.7. The highest BCUT2D eigenvalue weighted by molar-refractivity contribution is 5.87. The lowest BCUT2D eigenvalue weighted by Crippen LogP contribution is -2.12. The second kappa shape index (κ2) is 6.25. The third-order valence-corrected chi connectivity index (χ3v) is 2.91. The minimum Gasteiger partial charge on any atom is -0.461 e. The molecule has 0 fully saturated rings. The summed E-state index contributed by atoms with van der Waals surface area (Å²) in [7, 11) is 0. The molecule has 1 heterocycles. The van der Waals surface area contributed by atoms with E-state index in [9.17, 15) is 9.90 Å². The molecular formula is C15H16N2O3. The van der Waals surface area contributed by atoms with Crippen LogP contribution in [-0.4, -0.2) is 27.9 Å². The molecule has 0 aliphatic rings. The third kappa shape index (κ3) is 3.00. The van der Waals surface area contributed by atoms with Crippen molar-refractivity contribution in [3.8, 4) is 0 Å². The number of esters is 1. The second-order valence-corrected chi connectivity index (χ2v) is 4.30. The zero-order valence-electron chi connectivity index (χ0n) is 11.4. The van der Waals surface area contributed by atoms with E-state index in [1.807, 2.05) is 30.3 Å². The predicted octanol–water partition coefficient (Wildman–Crippen LogP) is 2.04. The van der Waals surface area contributed by atoms with Gasteiger partial charge < -0.3 is 9.84 Å². The van der Waals surface area contributed by atoms with E-state index in [0.29, 0.717) is 11.3 Å². The number of carbonyl (C=O) groups excluding carboxylic acids is 1. The number of nitrogens with zero attached hydrogens (tertiary/aromatic N) is 2. The first kappa shape index (κ1) is 14.1. The molecule has 0 saturated carbocycles. The molecule has 0 aliphatic heterocycles. The first-order valence-electron chi connectivity index (χ1n) is 6.37. The summed E-state index contributed by atoms with van der Waals surface area (Å²) in [4.78, 5) is 11.7. The molecule has 0 aliphatic carbocycles. The lowest BCUT2D eigenvalue weighted by Gasteiger charge is -2.13. The number of aromatic nitrogens is 2. The highest BCUT2D eigenvalue weighted by atomic mass is 16.5. The van der Waals surface area contributed by atoms with Gasteiger partial charge in [0, 0.05) is 5.56 Å². The van der Waals surface area contributed by atoms with E-state index >= 15 is 0 Å². The van der Waals surface area contributed by atoms with Gasteiger partial charge in [-0.2, -0.15) is 5.10 Å². The maximum absolute atomic E-state index is 11.7. The summed E-state index contributed by atoms with van der Waals surface area (Å²) in [6.07, 6.45) is -0.847. The van der Waals surface area contributed by atoms with Crippen molar-refractivity contribution >= 4 is 5.97 Å². The van der Waals surface area contributed by atoms with Gasteiger partial charge >= 0.3 is 5.97 Å². The average Bonchev–Trinajstić information content (AvgIpc) is 2.48. The maximum Gasteiger partial charge on any atom is 0.358 e. The number of carbonyl (C=O) groups is 1. The van der Waals surface area contributed by atoms with Crippen LogP contribution in [-0.2, 0) is 4.74 Å². The Labute approximate surface area is 117 Å². The molecule has 5 heteroatoms. The fraction of sp³-hybridized carbons (Fsp3) is 0.267. The minimum absolute atomic E-state index is 0.0995. The van der Waals surface area contributed by atoms with Crippen molar-refractivity contribution in [1.29, 1.82) is 0 Å². The number of rotatable bonds is 4. The van der Waals surface area contributed by atoms with Crippen LogP contribution in [0.3, 0.4) is 0 Å². The van der Waals surface area contributed by atoms with Gasteiger partial charge in [0.2, 0.25) is 0 Å². The monoisotopic (exact) mass is 272 g/mol. The molecule has 5 nitrogen and oxygen atoms in total. The van der Waals surface area contributed by atoms with Gasteiger partial charge in [-0.15, -0.1) is 5.10 Å². The first-order valence-corrected chi connectivity index (χ1v) is 6.37. The fourth-order valence-corrected chi connectivity index (χ4v) is 1.86. The van der Waals surface area contributed by atoms with Gasteiger partial charge in [0.15, 0.2) is 5.69 Å². The molecule has 1 unspecified atom stereocenters. The van der Waals surface area contributed by atoms with Crippen LogP contribution in [0.2, 0.25) is 0 Å². The molecular weight excluding hydrogens is 256 g/mol. The molecule has 0 saturated heterocycles. The first-order chi connectivity index (χ1) is 9.63. The van der Waals surface area contributed by atoms with Crippen molar-refractivity contribution in [1.82, 2.24) is 10.2 Å². The highest BCUT2D eigenvalue weighted by Crippen LogP contribution is 2.23. The van der Waals surface area contributed by atoms with Gasteiger partial charge in [0.1, 0.15) is 6.10 Å². The van der Waals surface area contributed by atoms with E-state index in [2.05, 4.69) is 10.2 Å². The second-order valence-electron chi connectivity index (χ2n) is 4.30. The SMILES string of the molecule is CCOC(=O)c1cc(C(O)c2ccccc2)c(C)nn1. The van der Waals surface area contributed by atoms with E-state index < -0.39 is 12.1 Å². The molecule has 1 N–H and O–H groups in total. The van der Waals surface area contributed by atoms with Crippen molar-refractivity contribution in [2.45, 2.75) is 20.0 Å². The van der Waals surface area contributed by atoms with Gasteiger partial charge in [-0.05, 0) is 25.5 Å². The Morgan fingerprint density at radius 3 is 2.65 bits per heavy atom. The Bertz CT molecular complexity index is 599. The zero-order chi connectivity index (χ0) is 14.5. The van der Waals surface area contributed by atoms with E-state index in [0.717, 1.165) is 5.56 Å². The molecule has 2 aromatic rings.